The molecule has 2 heterocycles. The van der Waals surface area contributed by atoms with Gasteiger partial charge in [-0.05, 0) is 31.3 Å². The minimum absolute atomic E-state index is 0.181. The van der Waals surface area contributed by atoms with Crippen molar-refractivity contribution in [3.63, 3.8) is 0 Å². The number of likely N-dealkylation sites (N-methyl/N-ethyl adjacent to an activating group) is 1. The molecular weight excluding hydrogens is 260 g/mol. The number of carbonyl (C=O) groups excluding carboxylic acids is 1. The third-order valence-corrected chi connectivity index (χ3v) is 4.38. The van der Waals surface area contributed by atoms with Crippen LogP contribution in [0.15, 0.2) is 17.5 Å². The maximum Gasteiger partial charge on any atom is 0.222 e. The minimum Gasteiger partial charge on any atom is -0.390 e. The second-order valence-corrected chi connectivity index (χ2v) is 6.22. The van der Waals surface area contributed by atoms with E-state index in [4.69, 9.17) is 0 Å². The number of likely N-dealkylation sites (tertiary alicyclic amines) is 1. The number of β-amino-alcohol motifs (C(OH)–C–C–N with tert-alkyl or cyclic N) is 1. The Balaban J connectivity index is 1.66. The first-order valence-electron chi connectivity index (χ1n) is 6.82. The Bertz CT molecular complexity index is 394. The van der Waals surface area contributed by atoms with Gasteiger partial charge in [-0.25, -0.2) is 0 Å². The van der Waals surface area contributed by atoms with Crippen molar-refractivity contribution in [3.8, 4) is 0 Å². The number of aliphatic hydroxyl groups excluding tert-OH is 1. The zero-order chi connectivity index (χ0) is 13.7. The molecule has 1 aromatic heterocycles. The van der Waals surface area contributed by atoms with Crippen LogP contribution in [0.1, 0.15) is 17.7 Å². The van der Waals surface area contributed by atoms with E-state index in [2.05, 4.69) is 22.4 Å². The third-order valence-electron chi connectivity index (χ3n) is 3.44. The normalized spacial score (nSPS) is 17.4. The van der Waals surface area contributed by atoms with E-state index in [0.717, 1.165) is 25.9 Å². The van der Waals surface area contributed by atoms with E-state index in [9.17, 15) is 9.90 Å². The molecule has 1 atom stereocenters. The first-order valence-corrected chi connectivity index (χ1v) is 7.70. The van der Waals surface area contributed by atoms with Crippen molar-refractivity contribution < 1.29 is 9.90 Å². The molecule has 1 unspecified atom stereocenters. The first kappa shape index (κ1) is 14.5. The topological polar surface area (TPSA) is 43.8 Å². The molecule has 19 heavy (non-hydrogen) atoms. The van der Waals surface area contributed by atoms with Crippen LogP contribution in [0.3, 0.4) is 0 Å². The van der Waals surface area contributed by atoms with Gasteiger partial charge in [0, 0.05) is 37.5 Å². The second kappa shape index (κ2) is 7.03. The zero-order valence-corrected chi connectivity index (χ0v) is 12.2. The largest absolute Gasteiger partial charge is 0.390 e. The van der Waals surface area contributed by atoms with Crippen LogP contribution >= 0.6 is 11.3 Å². The molecule has 0 saturated carbocycles. The summed E-state index contributed by atoms with van der Waals surface area (Å²) in [6.07, 6.45) is 2.14. The van der Waals surface area contributed by atoms with Crippen LogP contribution in [0.4, 0.5) is 0 Å². The molecule has 1 aromatic rings. The zero-order valence-electron chi connectivity index (χ0n) is 11.4. The van der Waals surface area contributed by atoms with Gasteiger partial charge in [-0.3, -0.25) is 4.79 Å². The number of carbonyl (C=O) groups is 1. The van der Waals surface area contributed by atoms with Crippen molar-refractivity contribution in [2.24, 2.45) is 0 Å². The third kappa shape index (κ3) is 4.60. The fraction of sp³-hybridized carbons (Fsp3) is 0.643. The van der Waals surface area contributed by atoms with Gasteiger partial charge >= 0.3 is 0 Å². The highest BCUT2D eigenvalue weighted by atomic mass is 32.1. The molecule has 1 aliphatic rings. The van der Waals surface area contributed by atoms with Gasteiger partial charge in [-0.1, -0.05) is 6.07 Å². The number of thiophene rings is 1. The summed E-state index contributed by atoms with van der Waals surface area (Å²) in [5.74, 6) is 0.181. The van der Waals surface area contributed by atoms with Gasteiger partial charge in [0.25, 0.3) is 0 Å². The van der Waals surface area contributed by atoms with Crippen LogP contribution in [-0.4, -0.2) is 60.1 Å². The van der Waals surface area contributed by atoms with Gasteiger partial charge in [0.1, 0.15) is 0 Å². The first-order chi connectivity index (χ1) is 9.15. The molecule has 2 rings (SSSR count). The van der Waals surface area contributed by atoms with Crippen LogP contribution in [0.5, 0.6) is 0 Å². The molecule has 0 aromatic carbocycles. The van der Waals surface area contributed by atoms with Gasteiger partial charge in [0.2, 0.25) is 5.91 Å². The SMILES string of the molecule is CN(CCc1cccs1)CC(O)CN1CCCC1=O. The van der Waals surface area contributed by atoms with E-state index in [1.54, 1.807) is 16.2 Å². The molecule has 0 spiro atoms. The molecule has 106 valence electrons. The maximum atomic E-state index is 11.5. The Kier molecular flexibility index (Phi) is 5.36. The van der Waals surface area contributed by atoms with Gasteiger partial charge < -0.3 is 14.9 Å². The van der Waals surface area contributed by atoms with E-state index < -0.39 is 6.10 Å². The minimum atomic E-state index is -0.449. The summed E-state index contributed by atoms with van der Waals surface area (Å²) in [4.78, 5) is 16.8. The van der Waals surface area contributed by atoms with Crippen LogP contribution in [0, 0.1) is 0 Å². The lowest BCUT2D eigenvalue weighted by atomic mass is 10.2. The van der Waals surface area contributed by atoms with Crippen LogP contribution in [0.25, 0.3) is 0 Å². The Hall–Kier alpha value is -0.910. The molecular formula is C14H22N2O2S. The van der Waals surface area contributed by atoms with Crippen molar-refractivity contribution in [2.75, 3.05) is 33.2 Å². The lowest BCUT2D eigenvalue weighted by Gasteiger charge is -2.24. The highest BCUT2D eigenvalue weighted by Crippen LogP contribution is 2.11. The molecule has 0 radical (unpaired) electrons. The summed E-state index contributed by atoms with van der Waals surface area (Å²) in [6, 6.07) is 4.20. The summed E-state index contributed by atoms with van der Waals surface area (Å²) in [5, 5.41) is 12.1. The Morgan fingerprint density at radius 3 is 3.05 bits per heavy atom. The Labute approximate surface area is 118 Å². The van der Waals surface area contributed by atoms with Gasteiger partial charge in [-0.15, -0.1) is 11.3 Å². The molecule has 1 saturated heterocycles. The lowest BCUT2D eigenvalue weighted by Crippen LogP contribution is -2.40. The molecule has 0 bridgehead atoms. The smallest absolute Gasteiger partial charge is 0.222 e. The van der Waals surface area contributed by atoms with Gasteiger partial charge in [0.05, 0.1) is 6.10 Å². The molecule has 1 N–H and O–H groups in total. The van der Waals surface area contributed by atoms with E-state index in [0.29, 0.717) is 19.5 Å². The molecule has 5 heteroatoms. The van der Waals surface area contributed by atoms with Crippen LogP contribution < -0.4 is 0 Å². The molecule has 0 aliphatic carbocycles. The van der Waals surface area contributed by atoms with Crippen molar-refractivity contribution >= 4 is 17.2 Å². The molecule has 1 fully saturated rings. The number of hydrogen-bond donors (Lipinski definition) is 1. The van der Waals surface area contributed by atoms with Gasteiger partial charge in [0.15, 0.2) is 0 Å². The predicted molar refractivity (Wildman–Crippen MR) is 77.3 cm³/mol. The van der Waals surface area contributed by atoms with E-state index in [1.165, 1.54) is 4.88 Å². The van der Waals surface area contributed by atoms with Gasteiger partial charge in [-0.2, -0.15) is 0 Å². The van der Waals surface area contributed by atoms with E-state index in [-0.39, 0.29) is 5.91 Å². The van der Waals surface area contributed by atoms with Crippen molar-refractivity contribution in [3.05, 3.63) is 22.4 Å². The number of aliphatic hydroxyl groups is 1. The highest BCUT2D eigenvalue weighted by molar-refractivity contribution is 7.09. The Morgan fingerprint density at radius 2 is 2.42 bits per heavy atom. The lowest BCUT2D eigenvalue weighted by molar-refractivity contribution is -0.129. The van der Waals surface area contributed by atoms with Crippen molar-refractivity contribution in [1.29, 1.82) is 0 Å². The fourth-order valence-electron chi connectivity index (χ4n) is 2.42. The standard InChI is InChI=1S/C14H22N2O2S/c1-15(8-6-13-4-3-9-19-13)10-12(17)11-16-7-2-5-14(16)18/h3-4,9,12,17H,2,5-8,10-11H2,1H3. The monoisotopic (exact) mass is 282 g/mol. The number of amides is 1. The second-order valence-electron chi connectivity index (χ2n) is 5.19. The summed E-state index contributed by atoms with van der Waals surface area (Å²) < 4.78 is 0. The maximum absolute atomic E-state index is 11.5. The van der Waals surface area contributed by atoms with Crippen molar-refractivity contribution in [2.45, 2.75) is 25.4 Å². The van der Waals surface area contributed by atoms with E-state index in [1.807, 2.05) is 7.05 Å². The quantitative estimate of drug-likeness (QED) is 0.817. The Morgan fingerprint density at radius 1 is 1.58 bits per heavy atom. The summed E-state index contributed by atoms with van der Waals surface area (Å²) in [5.41, 5.74) is 0. The molecule has 1 amide bonds. The predicted octanol–water partition coefficient (Wildman–Crippen LogP) is 1.21. The average Bonchev–Trinajstić information content (AvgIpc) is 2.99. The molecule has 1 aliphatic heterocycles. The number of nitrogens with zero attached hydrogens (tertiary/aromatic N) is 2. The molecule has 4 nitrogen and oxygen atoms in total. The summed E-state index contributed by atoms with van der Waals surface area (Å²) in [7, 11) is 2.02. The van der Waals surface area contributed by atoms with Crippen LogP contribution in [-0.2, 0) is 11.2 Å². The number of hydrogen-bond acceptors (Lipinski definition) is 4. The fourth-order valence-corrected chi connectivity index (χ4v) is 3.11. The highest BCUT2D eigenvalue weighted by Gasteiger charge is 2.22. The van der Waals surface area contributed by atoms with Crippen LogP contribution in [0.2, 0.25) is 0 Å². The van der Waals surface area contributed by atoms with E-state index >= 15 is 0 Å². The number of rotatable bonds is 7. The summed E-state index contributed by atoms with van der Waals surface area (Å²) in [6.45, 7) is 2.83. The summed E-state index contributed by atoms with van der Waals surface area (Å²) >= 11 is 1.77. The van der Waals surface area contributed by atoms with Crippen molar-refractivity contribution in [1.82, 2.24) is 9.80 Å². The average molecular weight is 282 g/mol.